The molecule has 2 aromatic heterocycles. The highest BCUT2D eigenvalue weighted by atomic mass is 32.1. The highest BCUT2D eigenvalue weighted by molar-refractivity contribution is 7.14. The summed E-state index contributed by atoms with van der Waals surface area (Å²) in [7, 11) is 0. The maximum absolute atomic E-state index is 12.2. The summed E-state index contributed by atoms with van der Waals surface area (Å²) in [4.78, 5) is 28.6. The second-order valence-electron chi connectivity index (χ2n) is 6.15. The molecule has 0 saturated carbocycles. The van der Waals surface area contributed by atoms with Crippen LogP contribution in [0.4, 0.5) is 5.13 Å². The van der Waals surface area contributed by atoms with Gasteiger partial charge in [0.2, 0.25) is 5.91 Å². The van der Waals surface area contributed by atoms with Gasteiger partial charge in [0.25, 0.3) is 5.91 Å². The number of rotatable bonds is 6. The monoisotopic (exact) mass is 363 g/mol. The van der Waals surface area contributed by atoms with Crippen LogP contribution in [-0.4, -0.2) is 36.1 Å². The van der Waals surface area contributed by atoms with Gasteiger partial charge in [0.05, 0.1) is 30.5 Å². The van der Waals surface area contributed by atoms with E-state index in [9.17, 15) is 9.59 Å². The summed E-state index contributed by atoms with van der Waals surface area (Å²) in [6.07, 6.45) is 2.63. The van der Waals surface area contributed by atoms with E-state index in [1.54, 1.807) is 18.4 Å². The number of furan rings is 1. The molecule has 0 spiro atoms. The van der Waals surface area contributed by atoms with E-state index in [1.807, 2.05) is 6.92 Å². The average Bonchev–Trinajstić information content (AvgIpc) is 3.28. The van der Waals surface area contributed by atoms with Gasteiger partial charge in [-0.3, -0.25) is 14.9 Å². The van der Waals surface area contributed by atoms with Gasteiger partial charge in [-0.15, -0.1) is 11.3 Å². The van der Waals surface area contributed by atoms with Crippen molar-refractivity contribution in [2.45, 2.75) is 32.7 Å². The highest BCUT2D eigenvalue weighted by Gasteiger charge is 2.23. The van der Waals surface area contributed by atoms with Crippen LogP contribution in [0.1, 0.15) is 35.2 Å². The largest absolute Gasteiger partial charge is 0.469 e. The molecule has 1 fully saturated rings. The molecule has 2 amide bonds. The van der Waals surface area contributed by atoms with Crippen LogP contribution in [0, 0.1) is 12.8 Å². The number of hydrogen-bond acceptors (Lipinski definition) is 6. The van der Waals surface area contributed by atoms with E-state index in [2.05, 4.69) is 15.6 Å². The van der Waals surface area contributed by atoms with Crippen molar-refractivity contribution in [3.8, 4) is 0 Å². The molecule has 8 heteroatoms. The molecule has 2 atom stereocenters. The molecular weight excluding hydrogens is 342 g/mol. The number of nitrogens with one attached hydrogen (secondary N) is 2. The molecule has 3 heterocycles. The minimum Gasteiger partial charge on any atom is -0.469 e. The number of hydrogen-bond donors (Lipinski definition) is 2. The molecule has 7 nitrogen and oxygen atoms in total. The van der Waals surface area contributed by atoms with Crippen LogP contribution in [0.15, 0.2) is 22.1 Å². The van der Waals surface area contributed by atoms with Crippen molar-refractivity contribution in [3.63, 3.8) is 0 Å². The fraction of sp³-hybridized carbons (Fsp3) is 0.471. The minimum atomic E-state index is -0.272. The molecular formula is C17H21N3O4S. The van der Waals surface area contributed by atoms with Crippen LogP contribution in [-0.2, 0) is 16.0 Å². The zero-order valence-corrected chi connectivity index (χ0v) is 15.0. The summed E-state index contributed by atoms with van der Waals surface area (Å²) in [6, 6.07) is 1.69. The van der Waals surface area contributed by atoms with Crippen LogP contribution < -0.4 is 10.6 Å². The Morgan fingerprint density at radius 1 is 1.48 bits per heavy atom. The van der Waals surface area contributed by atoms with Crippen LogP contribution >= 0.6 is 11.3 Å². The van der Waals surface area contributed by atoms with E-state index in [-0.39, 0.29) is 24.3 Å². The number of thiazole rings is 1. The maximum atomic E-state index is 12.2. The van der Waals surface area contributed by atoms with E-state index < -0.39 is 0 Å². The smallest absolute Gasteiger partial charge is 0.260 e. The average molecular weight is 363 g/mol. The second-order valence-corrected chi connectivity index (χ2v) is 7.00. The lowest BCUT2D eigenvalue weighted by Crippen LogP contribution is -2.39. The third-order valence-corrected chi connectivity index (χ3v) is 5.08. The van der Waals surface area contributed by atoms with Crippen LogP contribution in [0.25, 0.3) is 0 Å². The van der Waals surface area contributed by atoms with E-state index in [1.165, 1.54) is 17.6 Å². The molecule has 1 aliphatic heterocycles. The van der Waals surface area contributed by atoms with E-state index >= 15 is 0 Å². The summed E-state index contributed by atoms with van der Waals surface area (Å²) in [6.45, 7) is 5.18. The van der Waals surface area contributed by atoms with Gasteiger partial charge in [-0.25, -0.2) is 4.98 Å². The van der Waals surface area contributed by atoms with Crippen LogP contribution in [0.2, 0.25) is 0 Å². The molecule has 0 bridgehead atoms. The first-order valence-electron chi connectivity index (χ1n) is 8.20. The summed E-state index contributed by atoms with van der Waals surface area (Å²) in [5, 5.41) is 7.96. The first-order chi connectivity index (χ1) is 12.0. The van der Waals surface area contributed by atoms with Gasteiger partial charge in [-0.05, 0) is 26.3 Å². The third kappa shape index (κ3) is 4.46. The molecule has 134 valence electrons. The van der Waals surface area contributed by atoms with Crippen molar-refractivity contribution in [3.05, 3.63) is 34.7 Å². The molecule has 0 aliphatic carbocycles. The molecule has 1 saturated heterocycles. The lowest BCUT2D eigenvalue weighted by molar-refractivity contribution is -0.121. The summed E-state index contributed by atoms with van der Waals surface area (Å²) >= 11 is 1.29. The molecule has 2 N–H and O–H groups in total. The minimum absolute atomic E-state index is 0.0757. The first kappa shape index (κ1) is 17.6. The van der Waals surface area contributed by atoms with E-state index in [0.29, 0.717) is 34.7 Å². The summed E-state index contributed by atoms with van der Waals surface area (Å²) in [5.41, 5.74) is 1.11. The van der Waals surface area contributed by atoms with Crippen molar-refractivity contribution in [2.75, 3.05) is 18.5 Å². The van der Waals surface area contributed by atoms with Crippen molar-refractivity contribution in [1.29, 1.82) is 0 Å². The van der Waals surface area contributed by atoms with Crippen molar-refractivity contribution < 1.29 is 18.7 Å². The normalized spacial score (nSPS) is 18.1. The van der Waals surface area contributed by atoms with Gasteiger partial charge in [-0.1, -0.05) is 0 Å². The molecule has 2 aromatic rings. The number of amides is 2. The Labute approximate surface area is 149 Å². The second kappa shape index (κ2) is 7.79. The Morgan fingerprint density at radius 2 is 2.32 bits per heavy atom. The zero-order valence-electron chi connectivity index (χ0n) is 14.2. The van der Waals surface area contributed by atoms with Crippen LogP contribution in [0.5, 0.6) is 0 Å². The summed E-state index contributed by atoms with van der Waals surface area (Å²) in [5.74, 6) is 0.575. The number of carbonyl (C=O) groups is 2. The summed E-state index contributed by atoms with van der Waals surface area (Å²) < 4.78 is 10.5. The number of aromatic nitrogens is 1. The Kier molecular flexibility index (Phi) is 5.50. The topological polar surface area (TPSA) is 93.5 Å². The van der Waals surface area contributed by atoms with E-state index in [0.717, 1.165) is 13.0 Å². The fourth-order valence-corrected chi connectivity index (χ4v) is 3.47. The third-order valence-electron chi connectivity index (χ3n) is 4.28. The predicted octanol–water partition coefficient (Wildman–Crippen LogP) is 2.38. The lowest BCUT2D eigenvalue weighted by atomic mass is 10.0. The fourth-order valence-electron chi connectivity index (χ4n) is 2.76. The quantitative estimate of drug-likeness (QED) is 0.822. The Balaban J connectivity index is 1.52. The number of carbonyl (C=O) groups excluding carboxylic acids is 2. The number of nitrogens with zero attached hydrogens (tertiary/aromatic N) is 1. The molecule has 1 aliphatic rings. The van der Waals surface area contributed by atoms with Crippen LogP contribution in [0.3, 0.4) is 0 Å². The first-order valence-corrected chi connectivity index (χ1v) is 9.08. The van der Waals surface area contributed by atoms with Gasteiger partial charge in [0.1, 0.15) is 5.76 Å². The van der Waals surface area contributed by atoms with E-state index in [4.69, 9.17) is 9.15 Å². The van der Waals surface area contributed by atoms with Gasteiger partial charge in [-0.2, -0.15) is 0 Å². The maximum Gasteiger partial charge on any atom is 0.260 e. The van der Waals surface area contributed by atoms with Crippen molar-refractivity contribution in [1.82, 2.24) is 10.3 Å². The van der Waals surface area contributed by atoms with Crippen molar-refractivity contribution in [2.24, 2.45) is 5.92 Å². The zero-order chi connectivity index (χ0) is 17.8. The van der Waals surface area contributed by atoms with Crippen molar-refractivity contribution >= 4 is 28.3 Å². The SMILES string of the molecule is Cc1occc1C(=O)Nc1nc(CC(=O)N[C@H](C)[C@@H]2CCOC2)cs1. The lowest BCUT2D eigenvalue weighted by Gasteiger charge is -2.18. The van der Waals surface area contributed by atoms with Gasteiger partial charge >= 0.3 is 0 Å². The molecule has 0 radical (unpaired) electrons. The van der Waals surface area contributed by atoms with Gasteiger partial charge in [0, 0.05) is 23.9 Å². The number of anilines is 1. The van der Waals surface area contributed by atoms with Gasteiger partial charge in [0.15, 0.2) is 5.13 Å². The Morgan fingerprint density at radius 3 is 3.00 bits per heavy atom. The Bertz CT molecular complexity index is 749. The molecule has 0 aromatic carbocycles. The number of ether oxygens (including phenoxy) is 1. The molecule has 25 heavy (non-hydrogen) atoms. The Hall–Kier alpha value is -2.19. The molecule has 3 rings (SSSR count). The highest BCUT2D eigenvalue weighted by Crippen LogP contribution is 2.19. The number of aryl methyl sites for hydroxylation is 1. The standard InChI is InChI=1S/C17H21N3O4S/c1-10(12-3-5-23-8-12)18-15(21)7-13-9-25-17(19-13)20-16(22)14-4-6-24-11(14)2/h4,6,9-10,12H,3,5,7-8H2,1-2H3,(H,18,21)(H,19,20,22)/t10-,12-/m1/s1. The molecule has 0 unspecified atom stereocenters. The predicted molar refractivity (Wildman–Crippen MR) is 93.7 cm³/mol. The van der Waals surface area contributed by atoms with Gasteiger partial charge < -0.3 is 14.5 Å².